The van der Waals surface area contributed by atoms with Gasteiger partial charge < -0.3 is 20.1 Å². The molecule has 2 unspecified atom stereocenters. The molecule has 0 bridgehead atoms. The maximum absolute atomic E-state index is 9.99. The van der Waals surface area contributed by atoms with E-state index in [0.717, 1.165) is 25.0 Å². The smallest absolute Gasteiger partial charge is 0.478 e. The van der Waals surface area contributed by atoms with Crippen LogP contribution in [-0.4, -0.2) is 29.3 Å². The molecule has 0 amide bonds. The molecule has 3 N–H and O–H groups in total. The van der Waals surface area contributed by atoms with Crippen molar-refractivity contribution in [3.05, 3.63) is 47.0 Å². The number of hydrogen-bond donors (Lipinski definition) is 3. The summed E-state index contributed by atoms with van der Waals surface area (Å²) in [6, 6.07) is 4.08. The van der Waals surface area contributed by atoms with Gasteiger partial charge in [0.2, 0.25) is 0 Å². The Kier molecular flexibility index (Phi) is 5.28. The first-order chi connectivity index (χ1) is 9.54. The number of allylic oxidation sites excluding steroid dienone is 1. The van der Waals surface area contributed by atoms with Gasteiger partial charge in [0.15, 0.2) is 0 Å². The van der Waals surface area contributed by atoms with Crippen LogP contribution in [0.4, 0.5) is 0 Å². The van der Waals surface area contributed by atoms with E-state index >= 15 is 0 Å². The quantitative estimate of drug-likeness (QED) is 0.557. The van der Waals surface area contributed by atoms with Crippen LogP contribution in [0.5, 0.6) is 0 Å². The summed E-state index contributed by atoms with van der Waals surface area (Å²) in [5, 5.41) is 24.4. The van der Waals surface area contributed by atoms with Crippen molar-refractivity contribution in [3.8, 4) is 0 Å². The average molecular weight is 293 g/mol. The van der Waals surface area contributed by atoms with Gasteiger partial charge in [-0.1, -0.05) is 19.2 Å². The van der Waals surface area contributed by atoms with E-state index in [2.05, 4.69) is 24.5 Å². The zero-order valence-corrected chi connectivity index (χ0v) is 12.2. The highest BCUT2D eigenvalue weighted by molar-refractivity contribution is 7.09. The molecule has 6 heteroatoms. The summed E-state index contributed by atoms with van der Waals surface area (Å²) in [6.45, 7) is 7.45. The van der Waals surface area contributed by atoms with Gasteiger partial charge in [-0.3, -0.25) is 0 Å². The number of hydrogen-bond acceptors (Lipinski definition) is 5. The van der Waals surface area contributed by atoms with Gasteiger partial charge in [0, 0.05) is 29.5 Å². The third kappa shape index (κ3) is 4.40. The van der Waals surface area contributed by atoms with Crippen molar-refractivity contribution in [1.29, 1.82) is 0 Å². The van der Waals surface area contributed by atoms with E-state index in [0.29, 0.717) is 6.42 Å². The molecule has 1 aliphatic rings. The van der Waals surface area contributed by atoms with E-state index in [4.69, 9.17) is 9.76 Å². The molecule has 2 rings (SSSR count). The zero-order valence-electron chi connectivity index (χ0n) is 11.4. The standard InChI is InChI=1S/C14H20BNO3S/c1-10(8-13-4-3-7-20-13)16-14-6-5-12(9-11(2)17)19-15(14)18/h3-4,7,12,14,16-18H,1-2,5-6,8-9H2. The molecule has 1 aromatic rings. The second kappa shape index (κ2) is 6.97. The molecule has 4 nitrogen and oxygen atoms in total. The molecule has 0 aromatic carbocycles. The molecule has 0 aliphatic carbocycles. The zero-order chi connectivity index (χ0) is 14.5. The Morgan fingerprint density at radius 2 is 2.30 bits per heavy atom. The van der Waals surface area contributed by atoms with Crippen LogP contribution >= 0.6 is 11.3 Å². The van der Waals surface area contributed by atoms with Gasteiger partial charge in [0.25, 0.3) is 0 Å². The largest absolute Gasteiger partial charge is 0.513 e. The molecule has 2 atom stereocenters. The van der Waals surface area contributed by atoms with Crippen LogP contribution in [0.3, 0.4) is 0 Å². The predicted octanol–water partition coefficient (Wildman–Crippen LogP) is 2.42. The highest BCUT2D eigenvalue weighted by Crippen LogP contribution is 2.21. The molecular weight excluding hydrogens is 273 g/mol. The van der Waals surface area contributed by atoms with Gasteiger partial charge in [-0.15, -0.1) is 11.3 Å². The molecule has 0 spiro atoms. The van der Waals surface area contributed by atoms with Crippen molar-refractivity contribution < 1.29 is 14.8 Å². The van der Waals surface area contributed by atoms with Crippen LogP contribution < -0.4 is 5.32 Å². The number of nitrogens with one attached hydrogen (secondary N) is 1. The van der Waals surface area contributed by atoms with Crippen LogP contribution in [0, 0.1) is 0 Å². The second-order valence-corrected chi connectivity index (χ2v) is 6.14. The summed E-state index contributed by atoms with van der Waals surface area (Å²) in [5.74, 6) is -0.0543. The average Bonchev–Trinajstić information content (AvgIpc) is 2.84. The fourth-order valence-corrected chi connectivity index (χ4v) is 3.11. The number of rotatable bonds is 6. The van der Waals surface area contributed by atoms with E-state index in [1.54, 1.807) is 11.3 Å². The Bertz CT molecular complexity index is 463. The summed E-state index contributed by atoms with van der Waals surface area (Å²) in [4.78, 5) is 1.24. The Morgan fingerprint density at radius 1 is 1.50 bits per heavy atom. The Labute approximate surface area is 123 Å². The van der Waals surface area contributed by atoms with Crippen LogP contribution in [-0.2, 0) is 11.1 Å². The molecule has 1 fully saturated rings. The molecule has 1 aliphatic heterocycles. The summed E-state index contributed by atoms with van der Waals surface area (Å²) < 4.78 is 5.48. The lowest BCUT2D eigenvalue weighted by atomic mass is 9.72. The van der Waals surface area contributed by atoms with Gasteiger partial charge in [0.1, 0.15) is 0 Å². The third-order valence-electron chi connectivity index (χ3n) is 3.30. The van der Waals surface area contributed by atoms with Gasteiger partial charge in [-0.2, -0.15) is 0 Å². The minimum absolute atomic E-state index is 0.0933. The Morgan fingerprint density at radius 3 is 2.90 bits per heavy atom. The normalized spacial score (nSPS) is 22.6. The van der Waals surface area contributed by atoms with E-state index in [-0.39, 0.29) is 17.8 Å². The number of aliphatic hydroxyl groups excluding tert-OH is 1. The maximum Gasteiger partial charge on any atom is 0.478 e. The van der Waals surface area contributed by atoms with Gasteiger partial charge in [-0.05, 0) is 24.3 Å². The van der Waals surface area contributed by atoms with Crippen LogP contribution in [0.25, 0.3) is 0 Å². The lowest BCUT2D eigenvalue weighted by Gasteiger charge is -2.32. The summed E-state index contributed by atoms with van der Waals surface area (Å²) >= 11 is 1.69. The maximum atomic E-state index is 9.99. The van der Waals surface area contributed by atoms with Crippen molar-refractivity contribution in [2.75, 3.05) is 0 Å². The first-order valence-corrected chi connectivity index (χ1v) is 7.59. The van der Waals surface area contributed by atoms with E-state index in [9.17, 15) is 5.02 Å². The monoisotopic (exact) mass is 293 g/mol. The lowest BCUT2D eigenvalue weighted by molar-refractivity contribution is 0.110. The molecule has 108 valence electrons. The second-order valence-electron chi connectivity index (χ2n) is 5.11. The van der Waals surface area contributed by atoms with Crippen LogP contribution in [0.1, 0.15) is 24.1 Å². The lowest BCUT2D eigenvalue weighted by Crippen LogP contribution is -2.50. The Balaban J connectivity index is 1.79. The number of thiophene rings is 1. The van der Waals surface area contributed by atoms with Crippen molar-refractivity contribution in [2.24, 2.45) is 0 Å². The summed E-state index contributed by atoms with van der Waals surface area (Å²) in [6.07, 6.45) is 2.53. The molecule has 0 saturated carbocycles. The molecule has 2 heterocycles. The van der Waals surface area contributed by atoms with E-state index in [1.165, 1.54) is 4.88 Å². The molecule has 20 heavy (non-hydrogen) atoms. The van der Waals surface area contributed by atoms with Gasteiger partial charge in [0.05, 0.1) is 11.7 Å². The van der Waals surface area contributed by atoms with Gasteiger partial charge in [-0.25, -0.2) is 0 Å². The van der Waals surface area contributed by atoms with Crippen molar-refractivity contribution in [1.82, 2.24) is 5.32 Å². The Hall–Kier alpha value is -1.24. The van der Waals surface area contributed by atoms with Crippen molar-refractivity contribution >= 4 is 18.5 Å². The first kappa shape index (κ1) is 15.2. The van der Waals surface area contributed by atoms with Gasteiger partial charge >= 0.3 is 7.12 Å². The number of aliphatic hydroxyl groups is 1. The molecule has 1 saturated heterocycles. The molecule has 1 aromatic heterocycles. The van der Waals surface area contributed by atoms with Crippen LogP contribution in [0.15, 0.2) is 42.1 Å². The third-order valence-corrected chi connectivity index (χ3v) is 4.17. The van der Waals surface area contributed by atoms with Crippen molar-refractivity contribution in [2.45, 2.75) is 37.7 Å². The minimum Gasteiger partial charge on any atom is -0.513 e. The highest BCUT2D eigenvalue weighted by atomic mass is 32.1. The molecule has 0 radical (unpaired) electrons. The van der Waals surface area contributed by atoms with E-state index in [1.807, 2.05) is 11.4 Å². The predicted molar refractivity (Wildman–Crippen MR) is 82.6 cm³/mol. The molecular formula is C14H20BNO3S. The fraction of sp³-hybridized carbons (Fsp3) is 0.429. The topological polar surface area (TPSA) is 61.7 Å². The highest BCUT2D eigenvalue weighted by Gasteiger charge is 2.35. The van der Waals surface area contributed by atoms with Crippen LogP contribution in [0.2, 0.25) is 0 Å². The van der Waals surface area contributed by atoms with E-state index < -0.39 is 7.12 Å². The summed E-state index contributed by atoms with van der Waals surface area (Å²) in [7, 11) is -0.881. The van der Waals surface area contributed by atoms with Crippen molar-refractivity contribution in [3.63, 3.8) is 0 Å². The fourth-order valence-electron chi connectivity index (χ4n) is 2.36. The minimum atomic E-state index is -0.881. The summed E-state index contributed by atoms with van der Waals surface area (Å²) in [5.41, 5.74) is 0.880. The first-order valence-electron chi connectivity index (χ1n) is 6.71. The SMILES string of the molecule is C=C(O)CC1CCC(NC(=C)Cc2cccs2)B(O)O1.